The molecule has 0 spiro atoms. The fraction of sp³-hybridized carbons (Fsp3) is 1.00. The molecule has 1 aliphatic rings. The number of rotatable bonds is 5. The summed E-state index contributed by atoms with van der Waals surface area (Å²) >= 11 is 0. The van der Waals surface area contributed by atoms with Crippen LogP contribution in [0.4, 0.5) is 0 Å². The summed E-state index contributed by atoms with van der Waals surface area (Å²) in [5.74, 6) is 0. The fourth-order valence-electron chi connectivity index (χ4n) is 1.83. The van der Waals surface area contributed by atoms with Crippen molar-refractivity contribution in [2.75, 3.05) is 6.61 Å². The summed E-state index contributed by atoms with van der Waals surface area (Å²) in [6.07, 6.45) is 11.3. The highest BCUT2D eigenvalue weighted by atomic mass is 16.5. The van der Waals surface area contributed by atoms with Crippen molar-refractivity contribution in [1.29, 1.82) is 0 Å². The van der Waals surface area contributed by atoms with Crippen LogP contribution in [0.5, 0.6) is 0 Å². The molecule has 1 aliphatic carbocycles. The highest BCUT2D eigenvalue weighted by molar-refractivity contribution is 4.64. The molecular formula is C13H28O. The first-order valence-electron chi connectivity index (χ1n) is 6.55. The Balaban J connectivity index is 0.000000791. The van der Waals surface area contributed by atoms with Gasteiger partial charge in [0.2, 0.25) is 0 Å². The third-order valence-corrected chi connectivity index (χ3v) is 2.65. The van der Waals surface area contributed by atoms with Crippen LogP contribution < -0.4 is 0 Å². The minimum atomic E-state index is 0.607. The van der Waals surface area contributed by atoms with E-state index in [0.29, 0.717) is 6.10 Å². The molecule has 0 atom stereocenters. The molecule has 0 saturated heterocycles. The Labute approximate surface area is 90.2 Å². The second-order valence-electron chi connectivity index (χ2n) is 3.84. The van der Waals surface area contributed by atoms with Crippen LogP contribution >= 0.6 is 0 Å². The zero-order chi connectivity index (χ0) is 10.6. The molecule has 1 fully saturated rings. The molecule has 0 radical (unpaired) electrons. The molecule has 0 N–H and O–H groups in total. The highest BCUT2D eigenvalue weighted by Gasteiger charge is 2.12. The van der Waals surface area contributed by atoms with Gasteiger partial charge in [-0.1, -0.05) is 52.9 Å². The van der Waals surface area contributed by atoms with Crippen molar-refractivity contribution in [2.24, 2.45) is 0 Å². The molecular weight excluding hydrogens is 172 g/mol. The summed E-state index contributed by atoms with van der Waals surface area (Å²) in [5.41, 5.74) is 0. The molecule has 0 aromatic rings. The van der Waals surface area contributed by atoms with Crippen molar-refractivity contribution in [1.82, 2.24) is 0 Å². The van der Waals surface area contributed by atoms with E-state index in [-0.39, 0.29) is 0 Å². The molecule has 1 heteroatoms. The van der Waals surface area contributed by atoms with Crippen LogP contribution in [0.3, 0.4) is 0 Å². The van der Waals surface area contributed by atoms with Gasteiger partial charge in [0, 0.05) is 6.61 Å². The Kier molecular flexibility index (Phi) is 11.0. The predicted molar refractivity (Wildman–Crippen MR) is 63.7 cm³/mol. The second-order valence-corrected chi connectivity index (χ2v) is 3.84. The molecule has 0 aromatic carbocycles. The largest absolute Gasteiger partial charge is 0.378 e. The summed E-state index contributed by atoms with van der Waals surface area (Å²) in [6.45, 7) is 7.24. The fourth-order valence-corrected chi connectivity index (χ4v) is 1.83. The van der Waals surface area contributed by atoms with Gasteiger partial charge >= 0.3 is 0 Å². The van der Waals surface area contributed by atoms with E-state index in [0.717, 1.165) is 6.61 Å². The van der Waals surface area contributed by atoms with Gasteiger partial charge in [-0.15, -0.1) is 0 Å². The lowest BCUT2D eigenvalue weighted by atomic mass is 9.98. The minimum absolute atomic E-state index is 0.607. The highest BCUT2D eigenvalue weighted by Crippen LogP contribution is 2.20. The van der Waals surface area contributed by atoms with Crippen molar-refractivity contribution < 1.29 is 4.74 Å². The van der Waals surface area contributed by atoms with E-state index in [2.05, 4.69) is 6.92 Å². The summed E-state index contributed by atoms with van der Waals surface area (Å²) in [5, 5.41) is 0. The lowest BCUT2D eigenvalue weighted by Gasteiger charge is -2.21. The normalized spacial score (nSPS) is 17.4. The first kappa shape index (κ1) is 14.0. The average Bonchev–Trinajstić information content (AvgIpc) is 2.29. The van der Waals surface area contributed by atoms with Crippen LogP contribution in [0.25, 0.3) is 0 Å². The van der Waals surface area contributed by atoms with Gasteiger partial charge in [-0.25, -0.2) is 0 Å². The Morgan fingerprint density at radius 3 is 2.21 bits per heavy atom. The number of unbranched alkanes of at least 4 members (excludes halogenated alkanes) is 2. The van der Waals surface area contributed by atoms with E-state index >= 15 is 0 Å². The van der Waals surface area contributed by atoms with Crippen LogP contribution in [-0.2, 0) is 4.74 Å². The minimum Gasteiger partial charge on any atom is -0.378 e. The molecule has 0 heterocycles. The molecule has 0 aliphatic heterocycles. The average molecular weight is 200 g/mol. The van der Waals surface area contributed by atoms with Crippen LogP contribution in [0.2, 0.25) is 0 Å². The van der Waals surface area contributed by atoms with E-state index in [1.807, 2.05) is 13.8 Å². The van der Waals surface area contributed by atoms with Crippen LogP contribution in [0.15, 0.2) is 0 Å². The predicted octanol–water partition coefficient (Wildman–Crippen LogP) is 4.55. The molecule has 0 amide bonds. The van der Waals surface area contributed by atoms with E-state index < -0.39 is 0 Å². The summed E-state index contributed by atoms with van der Waals surface area (Å²) in [7, 11) is 0. The van der Waals surface area contributed by atoms with E-state index in [9.17, 15) is 0 Å². The molecule has 0 aromatic heterocycles. The lowest BCUT2D eigenvalue weighted by molar-refractivity contribution is 0.0264. The lowest BCUT2D eigenvalue weighted by Crippen LogP contribution is -2.17. The SMILES string of the molecule is CC.CCCCCOC1CCCCC1. The van der Waals surface area contributed by atoms with Crippen molar-refractivity contribution in [3.8, 4) is 0 Å². The van der Waals surface area contributed by atoms with Gasteiger partial charge in [-0.2, -0.15) is 0 Å². The van der Waals surface area contributed by atoms with Crippen LogP contribution in [0, 0.1) is 0 Å². The van der Waals surface area contributed by atoms with Crippen LogP contribution in [0.1, 0.15) is 72.1 Å². The Hall–Kier alpha value is -0.0400. The van der Waals surface area contributed by atoms with Gasteiger partial charge in [0.05, 0.1) is 6.10 Å². The standard InChI is InChI=1S/C11H22O.C2H6/c1-2-3-7-10-12-11-8-5-4-6-9-11;1-2/h11H,2-10H2,1H3;1-2H3. The summed E-state index contributed by atoms with van der Waals surface area (Å²) < 4.78 is 5.78. The summed E-state index contributed by atoms with van der Waals surface area (Å²) in [4.78, 5) is 0. The number of ether oxygens (including phenoxy) is 1. The Bertz CT molecular complexity index is 95.4. The zero-order valence-electron chi connectivity index (χ0n) is 10.3. The van der Waals surface area contributed by atoms with Crippen molar-refractivity contribution >= 4 is 0 Å². The smallest absolute Gasteiger partial charge is 0.0575 e. The maximum atomic E-state index is 5.78. The van der Waals surface area contributed by atoms with Crippen molar-refractivity contribution in [3.05, 3.63) is 0 Å². The molecule has 0 unspecified atom stereocenters. The van der Waals surface area contributed by atoms with E-state index in [1.165, 1.54) is 51.4 Å². The summed E-state index contributed by atoms with van der Waals surface area (Å²) in [6, 6.07) is 0. The zero-order valence-corrected chi connectivity index (χ0v) is 10.3. The molecule has 1 saturated carbocycles. The van der Waals surface area contributed by atoms with E-state index in [4.69, 9.17) is 4.74 Å². The maximum Gasteiger partial charge on any atom is 0.0575 e. The van der Waals surface area contributed by atoms with Crippen molar-refractivity contribution in [3.63, 3.8) is 0 Å². The van der Waals surface area contributed by atoms with Crippen LogP contribution in [-0.4, -0.2) is 12.7 Å². The van der Waals surface area contributed by atoms with Gasteiger partial charge in [-0.05, 0) is 19.3 Å². The van der Waals surface area contributed by atoms with Gasteiger partial charge in [0.15, 0.2) is 0 Å². The molecule has 1 nitrogen and oxygen atoms in total. The first-order chi connectivity index (χ1) is 6.93. The first-order valence-corrected chi connectivity index (χ1v) is 6.55. The third-order valence-electron chi connectivity index (χ3n) is 2.65. The molecule has 0 bridgehead atoms. The van der Waals surface area contributed by atoms with Crippen molar-refractivity contribution in [2.45, 2.75) is 78.2 Å². The quantitative estimate of drug-likeness (QED) is 0.591. The Morgan fingerprint density at radius 1 is 1.00 bits per heavy atom. The Morgan fingerprint density at radius 2 is 1.64 bits per heavy atom. The molecule has 14 heavy (non-hydrogen) atoms. The third kappa shape index (κ3) is 7.37. The topological polar surface area (TPSA) is 9.23 Å². The molecule has 1 rings (SSSR count). The maximum absolute atomic E-state index is 5.78. The monoisotopic (exact) mass is 200 g/mol. The number of hydrogen-bond donors (Lipinski definition) is 0. The molecule has 86 valence electrons. The van der Waals surface area contributed by atoms with Gasteiger partial charge < -0.3 is 4.74 Å². The second kappa shape index (κ2) is 11.0. The van der Waals surface area contributed by atoms with E-state index in [1.54, 1.807) is 0 Å². The van der Waals surface area contributed by atoms with Gasteiger partial charge in [0.1, 0.15) is 0 Å². The van der Waals surface area contributed by atoms with Gasteiger partial charge in [-0.3, -0.25) is 0 Å². The number of hydrogen-bond acceptors (Lipinski definition) is 1. The van der Waals surface area contributed by atoms with Gasteiger partial charge in [0.25, 0.3) is 0 Å².